The van der Waals surface area contributed by atoms with E-state index in [0.29, 0.717) is 30.6 Å². The van der Waals surface area contributed by atoms with E-state index in [1.54, 1.807) is 4.68 Å². The summed E-state index contributed by atoms with van der Waals surface area (Å²) in [4.78, 5) is 37.6. The molecular formula is C32H37N9O4. The van der Waals surface area contributed by atoms with Crippen LogP contribution >= 0.6 is 0 Å². The number of carbonyl (C=O) groups is 2. The van der Waals surface area contributed by atoms with Gasteiger partial charge in [-0.05, 0) is 90.5 Å². The SMILES string of the molecule is CN(C)CCCNC(=O)c1coc(-c2ccc(-c3cn(-c4ccc(-c5nc(C(=O)NCCCN(C)C)co5)cc4)nn3)cc2)n1. The summed E-state index contributed by atoms with van der Waals surface area (Å²) in [6.07, 6.45) is 6.27. The molecule has 0 bridgehead atoms. The molecule has 13 nitrogen and oxygen atoms in total. The van der Waals surface area contributed by atoms with E-state index in [0.717, 1.165) is 48.3 Å². The van der Waals surface area contributed by atoms with E-state index in [1.807, 2.05) is 82.9 Å². The first kappa shape index (κ1) is 31.3. The number of aromatic nitrogens is 5. The molecule has 0 aliphatic rings. The molecular weight excluding hydrogens is 574 g/mol. The van der Waals surface area contributed by atoms with Crippen LogP contribution in [0.3, 0.4) is 0 Å². The molecule has 45 heavy (non-hydrogen) atoms. The zero-order valence-corrected chi connectivity index (χ0v) is 25.9. The molecule has 13 heteroatoms. The van der Waals surface area contributed by atoms with Gasteiger partial charge in [0, 0.05) is 29.8 Å². The lowest BCUT2D eigenvalue weighted by atomic mass is 10.1. The zero-order valence-electron chi connectivity index (χ0n) is 25.9. The van der Waals surface area contributed by atoms with Gasteiger partial charge in [0.25, 0.3) is 11.8 Å². The number of amides is 2. The Morgan fingerprint density at radius 3 is 1.67 bits per heavy atom. The van der Waals surface area contributed by atoms with Crippen LogP contribution in [0.1, 0.15) is 33.8 Å². The van der Waals surface area contributed by atoms with Crippen LogP contribution < -0.4 is 10.6 Å². The second kappa shape index (κ2) is 14.6. The van der Waals surface area contributed by atoms with Crippen molar-refractivity contribution in [3.63, 3.8) is 0 Å². The smallest absolute Gasteiger partial charge is 0.273 e. The first-order valence-electron chi connectivity index (χ1n) is 14.7. The number of carbonyl (C=O) groups excluding carboxylic acids is 2. The lowest BCUT2D eigenvalue weighted by Gasteiger charge is -2.08. The second-order valence-corrected chi connectivity index (χ2v) is 11.1. The van der Waals surface area contributed by atoms with Gasteiger partial charge in [-0.3, -0.25) is 9.59 Å². The largest absolute Gasteiger partial charge is 0.444 e. The van der Waals surface area contributed by atoms with E-state index < -0.39 is 0 Å². The highest BCUT2D eigenvalue weighted by Gasteiger charge is 2.15. The molecule has 2 aromatic carbocycles. The average molecular weight is 612 g/mol. The van der Waals surface area contributed by atoms with Gasteiger partial charge in [0.1, 0.15) is 18.2 Å². The summed E-state index contributed by atoms with van der Waals surface area (Å²) in [6.45, 7) is 2.92. The summed E-state index contributed by atoms with van der Waals surface area (Å²) in [5.74, 6) is 0.202. The molecule has 0 radical (unpaired) electrons. The minimum Gasteiger partial charge on any atom is -0.444 e. The predicted octanol–water partition coefficient (Wildman–Crippen LogP) is 3.61. The molecule has 2 N–H and O–H groups in total. The van der Waals surface area contributed by atoms with Crippen LogP contribution in [0, 0.1) is 0 Å². The van der Waals surface area contributed by atoms with Gasteiger partial charge in [-0.2, -0.15) is 0 Å². The highest BCUT2D eigenvalue weighted by Crippen LogP contribution is 2.25. The summed E-state index contributed by atoms with van der Waals surface area (Å²) in [5.41, 5.74) is 4.30. The molecule has 234 valence electrons. The fourth-order valence-corrected chi connectivity index (χ4v) is 4.46. The van der Waals surface area contributed by atoms with Gasteiger partial charge >= 0.3 is 0 Å². The van der Waals surface area contributed by atoms with Crippen LogP contribution in [0.15, 0.2) is 76.1 Å². The van der Waals surface area contributed by atoms with Crippen molar-refractivity contribution in [2.24, 2.45) is 0 Å². The van der Waals surface area contributed by atoms with Crippen molar-refractivity contribution in [1.82, 2.24) is 45.4 Å². The van der Waals surface area contributed by atoms with Crippen LogP contribution in [-0.4, -0.2) is 101 Å². The van der Waals surface area contributed by atoms with Gasteiger partial charge in [0.2, 0.25) is 11.8 Å². The molecule has 0 aliphatic carbocycles. The minimum atomic E-state index is -0.261. The summed E-state index contributed by atoms with van der Waals surface area (Å²) < 4.78 is 12.8. The van der Waals surface area contributed by atoms with Gasteiger partial charge in [-0.1, -0.05) is 17.3 Å². The Balaban J connectivity index is 1.17. The van der Waals surface area contributed by atoms with Crippen LogP contribution in [0.5, 0.6) is 0 Å². The second-order valence-electron chi connectivity index (χ2n) is 11.1. The van der Waals surface area contributed by atoms with E-state index in [-0.39, 0.29) is 23.2 Å². The Bertz CT molecular complexity index is 1580. The lowest BCUT2D eigenvalue weighted by Crippen LogP contribution is -2.27. The minimum absolute atomic E-state index is 0.241. The zero-order chi connectivity index (χ0) is 31.8. The molecule has 0 aliphatic heterocycles. The van der Waals surface area contributed by atoms with E-state index in [4.69, 9.17) is 8.83 Å². The van der Waals surface area contributed by atoms with Crippen LogP contribution in [0.25, 0.3) is 39.9 Å². The van der Waals surface area contributed by atoms with Gasteiger partial charge in [0.05, 0.1) is 11.9 Å². The number of rotatable bonds is 14. The fourth-order valence-electron chi connectivity index (χ4n) is 4.46. The Morgan fingerprint density at radius 1 is 0.711 bits per heavy atom. The number of nitrogens with one attached hydrogen (secondary N) is 2. The van der Waals surface area contributed by atoms with Crippen LogP contribution in [0.4, 0.5) is 0 Å². The molecule has 0 saturated heterocycles. The molecule has 5 rings (SSSR count). The average Bonchev–Trinajstić information content (AvgIpc) is 3.83. The summed E-state index contributed by atoms with van der Waals surface area (Å²) >= 11 is 0. The molecule has 0 atom stereocenters. The third-order valence-corrected chi connectivity index (χ3v) is 6.91. The molecule has 0 unspecified atom stereocenters. The summed E-state index contributed by atoms with van der Waals surface area (Å²) in [7, 11) is 7.98. The molecule has 0 spiro atoms. The first-order valence-corrected chi connectivity index (χ1v) is 14.7. The monoisotopic (exact) mass is 611 g/mol. The quantitative estimate of drug-likeness (QED) is 0.179. The molecule has 3 aromatic heterocycles. The predicted molar refractivity (Wildman–Crippen MR) is 169 cm³/mol. The van der Waals surface area contributed by atoms with Crippen molar-refractivity contribution in [1.29, 1.82) is 0 Å². The molecule has 0 saturated carbocycles. The van der Waals surface area contributed by atoms with Crippen molar-refractivity contribution < 1.29 is 18.4 Å². The standard InChI is InChI=1S/C32H37N9O4/c1-39(2)17-5-15-33-29(42)27-20-44-31(35-27)23-9-7-22(8-10-23)26-19-41(38-37-26)25-13-11-24(12-14-25)32-36-28(21-45-32)30(43)34-16-6-18-40(3)4/h7-14,19-21H,5-6,15-18H2,1-4H3,(H,33,42)(H,34,43). The number of hydrogen-bond acceptors (Lipinski definition) is 10. The summed E-state index contributed by atoms with van der Waals surface area (Å²) in [6, 6.07) is 15.0. The van der Waals surface area contributed by atoms with Crippen molar-refractivity contribution in [3.05, 3.63) is 78.6 Å². The van der Waals surface area contributed by atoms with Crippen LogP contribution in [0.2, 0.25) is 0 Å². The maximum atomic E-state index is 12.4. The molecule has 0 fully saturated rings. The van der Waals surface area contributed by atoms with Crippen molar-refractivity contribution >= 4 is 11.8 Å². The Labute approximate surface area is 261 Å². The maximum Gasteiger partial charge on any atom is 0.273 e. The first-order chi connectivity index (χ1) is 21.8. The Hall–Kier alpha value is -5.14. The lowest BCUT2D eigenvalue weighted by molar-refractivity contribution is 0.0939. The highest BCUT2D eigenvalue weighted by molar-refractivity contribution is 5.92. The van der Waals surface area contributed by atoms with Crippen LogP contribution in [-0.2, 0) is 0 Å². The van der Waals surface area contributed by atoms with Gasteiger partial charge < -0.3 is 29.3 Å². The number of nitrogens with zero attached hydrogens (tertiary/aromatic N) is 7. The molecule has 3 heterocycles. The Morgan fingerprint density at radius 2 is 1.18 bits per heavy atom. The summed E-state index contributed by atoms with van der Waals surface area (Å²) in [5, 5.41) is 14.3. The van der Waals surface area contributed by atoms with Gasteiger partial charge in [0.15, 0.2) is 11.4 Å². The number of oxazole rings is 2. The Kier molecular flexibility index (Phi) is 10.1. The fraction of sp³-hybridized carbons (Fsp3) is 0.312. The normalized spacial score (nSPS) is 11.3. The van der Waals surface area contributed by atoms with Crippen molar-refractivity contribution in [2.45, 2.75) is 12.8 Å². The maximum absolute atomic E-state index is 12.4. The number of benzene rings is 2. The van der Waals surface area contributed by atoms with E-state index in [2.05, 4.69) is 40.7 Å². The topological polar surface area (TPSA) is 147 Å². The van der Waals surface area contributed by atoms with Gasteiger partial charge in [-0.15, -0.1) is 5.10 Å². The third-order valence-electron chi connectivity index (χ3n) is 6.91. The van der Waals surface area contributed by atoms with Crippen molar-refractivity contribution in [3.8, 4) is 39.9 Å². The molecule has 2 amide bonds. The highest BCUT2D eigenvalue weighted by atomic mass is 16.3. The van der Waals surface area contributed by atoms with E-state index >= 15 is 0 Å². The number of hydrogen-bond donors (Lipinski definition) is 2. The molecule has 5 aromatic rings. The third kappa shape index (κ3) is 8.28. The van der Waals surface area contributed by atoms with E-state index in [9.17, 15) is 9.59 Å². The van der Waals surface area contributed by atoms with Crippen molar-refractivity contribution in [2.75, 3.05) is 54.4 Å². The van der Waals surface area contributed by atoms with Gasteiger partial charge in [-0.25, -0.2) is 14.6 Å². The van der Waals surface area contributed by atoms with E-state index in [1.165, 1.54) is 12.5 Å².